The lowest BCUT2D eigenvalue weighted by molar-refractivity contribution is -0.00492. The van der Waals surface area contributed by atoms with E-state index in [1.165, 1.54) is 71.6 Å². The van der Waals surface area contributed by atoms with Gasteiger partial charge in [-0.3, -0.25) is 0 Å². The van der Waals surface area contributed by atoms with E-state index in [0.717, 1.165) is 56.8 Å². The van der Waals surface area contributed by atoms with Crippen LogP contribution in [0.4, 0.5) is 17.1 Å². The van der Waals surface area contributed by atoms with Crippen LogP contribution < -0.4 is 4.90 Å². The molecule has 4 aliphatic carbocycles. The van der Waals surface area contributed by atoms with Crippen LogP contribution in [0.25, 0.3) is 55.0 Å². The Hall–Kier alpha value is -5.60. The molecule has 0 saturated heterocycles. The number of anilines is 3. The molecule has 4 aliphatic rings. The lowest BCUT2D eigenvalue weighted by Gasteiger charge is -2.57. The zero-order valence-electron chi connectivity index (χ0n) is 29.3. The van der Waals surface area contributed by atoms with Gasteiger partial charge >= 0.3 is 0 Å². The minimum Gasteiger partial charge on any atom is -0.456 e. The fourth-order valence-electron chi connectivity index (χ4n) is 11.0. The van der Waals surface area contributed by atoms with Crippen molar-refractivity contribution in [2.24, 2.45) is 17.8 Å². The van der Waals surface area contributed by atoms with Gasteiger partial charge in [0.2, 0.25) is 0 Å². The fourth-order valence-corrected chi connectivity index (χ4v) is 11.0. The van der Waals surface area contributed by atoms with E-state index in [0.29, 0.717) is 5.41 Å². The maximum absolute atomic E-state index is 6.40. The van der Waals surface area contributed by atoms with E-state index in [-0.39, 0.29) is 0 Å². The molecule has 4 saturated carbocycles. The Bertz CT molecular complexity index is 2570. The van der Waals surface area contributed by atoms with Crippen LogP contribution in [0.5, 0.6) is 0 Å². The molecule has 12 rings (SSSR count). The summed E-state index contributed by atoms with van der Waals surface area (Å²) in [7, 11) is 0. The Morgan fingerprint density at radius 1 is 0.442 bits per heavy atom. The summed E-state index contributed by atoms with van der Waals surface area (Å²) in [4.78, 5) is 2.37. The first kappa shape index (κ1) is 30.1. The first-order chi connectivity index (χ1) is 25.7. The molecular formula is C50H41NO. The zero-order valence-corrected chi connectivity index (χ0v) is 29.3. The molecule has 0 atom stereocenters. The van der Waals surface area contributed by atoms with Crippen molar-refractivity contribution < 1.29 is 4.42 Å². The molecule has 0 unspecified atom stereocenters. The summed E-state index contributed by atoms with van der Waals surface area (Å²) in [6, 6.07) is 57.9. The number of hydrogen-bond donors (Lipinski definition) is 0. The van der Waals surface area contributed by atoms with E-state index < -0.39 is 0 Å². The van der Waals surface area contributed by atoms with E-state index in [9.17, 15) is 0 Å². The molecule has 2 nitrogen and oxygen atoms in total. The summed E-state index contributed by atoms with van der Waals surface area (Å²) in [6.07, 6.45) is 8.53. The largest absolute Gasteiger partial charge is 0.456 e. The lowest BCUT2D eigenvalue weighted by atomic mass is 9.47. The highest BCUT2D eigenvalue weighted by Gasteiger charge is 2.52. The molecule has 0 radical (unpaired) electrons. The Morgan fingerprint density at radius 2 is 0.981 bits per heavy atom. The Morgan fingerprint density at radius 3 is 1.71 bits per heavy atom. The van der Waals surface area contributed by atoms with Gasteiger partial charge in [0, 0.05) is 33.9 Å². The van der Waals surface area contributed by atoms with Crippen LogP contribution in [0, 0.1) is 17.8 Å². The van der Waals surface area contributed by atoms with Gasteiger partial charge in [0.05, 0.1) is 0 Å². The Labute approximate surface area is 305 Å². The van der Waals surface area contributed by atoms with E-state index in [4.69, 9.17) is 4.42 Å². The SMILES string of the molecule is c1ccc(C23CC4CC(CC(C4)C2)C3)c(-c2ccc(N(c3ccc(-c4cccc5ccccc45)cc3)c3ccc4c(c3)oc3ccccc34)cc2)c1. The van der Waals surface area contributed by atoms with Crippen molar-refractivity contribution in [3.8, 4) is 22.3 Å². The summed E-state index contributed by atoms with van der Waals surface area (Å²) in [5.74, 6) is 2.77. The van der Waals surface area contributed by atoms with Crippen molar-refractivity contribution in [3.05, 3.63) is 163 Å². The normalized spacial score (nSPS) is 22.0. The van der Waals surface area contributed by atoms with Crippen molar-refractivity contribution >= 4 is 49.8 Å². The quantitative estimate of drug-likeness (QED) is 0.175. The predicted molar refractivity (Wildman–Crippen MR) is 217 cm³/mol. The number of fused-ring (bicyclic) bond motifs is 4. The summed E-state index contributed by atoms with van der Waals surface area (Å²) >= 11 is 0. The third-order valence-electron chi connectivity index (χ3n) is 12.8. The van der Waals surface area contributed by atoms with E-state index in [2.05, 4.69) is 157 Å². The van der Waals surface area contributed by atoms with Crippen molar-refractivity contribution in [1.82, 2.24) is 0 Å². The van der Waals surface area contributed by atoms with Gasteiger partial charge in [0.25, 0.3) is 0 Å². The van der Waals surface area contributed by atoms with Crippen molar-refractivity contribution in [1.29, 1.82) is 0 Å². The minimum absolute atomic E-state index is 0.351. The molecule has 1 heterocycles. The molecule has 2 heteroatoms. The highest BCUT2D eigenvalue weighted by Crippen LogP contribution is 2.61. The molecule has 252 valence electrons. The first-order valence-electron chi connectivity index (χ1n) is 19.2. The number of furan rings is 1. The minimum atomic E-state index is 0.351. The van der Waals surface area contributed by atoms with Crippen LogP contribution in [0.2, 0.25) is 0 Å². The summed E-state index contributed by atoms with van der Waals surface area (Å²) in [5, 5.41) is 4.82. The van der Waals surface area contributed by atoms with Crippen LogP contribution in [0.15, 0.2) is 162 Å². The van der Waals surface area contributed by atoms with E-state index in [1.807, 2.05) is 6.07 Å². The monoisotopic (exact) mass is 671 g/mol. The van der Waals surface area contributed by atoms with Crippen LogP contribution >= 0.6 is 0 Å². The van der Waals surface area contributed by atoms with Crippen LogP contribution in [-0.4, -0.2) is 0 Å². The van der Waals surface area contributed by atoms with Gasteiger partial charge in [-0.15, -0.1) is 0 Å². The number of nitrogens with zero attached hydrogens (tertiary/aromatic N) is 1. The van der Waals surface area contributed by atoms with Gasteiger partial charge in [0.1, 0.15) is 11.2 Å². The molecule has 0 amide bonds. The third kappa shape index (κ3) is 4.84. The van der Waals surface area contributed by atoms with Gasteiger partial charge in [-0.1, -0.05) is 109 Å². The van der Waals surface area contributed by atoms with Gasteiger partial charge in [-0.25, -0.2) is 0 Å². The molecule has 0 spiro atoms. The molecule has 0 aliphatic heterocycles. The first-order valence-corrected chi connectivity index (χ1v) is 19.2. The second-order valence-electron chi connectivity index (χ2n) is 16.0. The van der Waals surface area contributed by atoms with Crippen molar-refractivity contribution in [2.45, 2.75) is 43.9 Å². The van der Waals surface area contributed by atoms with Crippen molar-refractivity contribution in [3.63, 3.8) is 0 Å². The highest BCUT2D eigenvalue weighted by atomic mass is 16.3. The molecule has 1 aromatic heterocycles. The molecule has 4 bridgehead atoms. The molecule has 4 fully saturated rings. The molecule has 7 aromatic carbocycles. The summed E-state index contributed by atoms with van der Waals surface area (Å²) in [6.45, 7) is 0. The third-order valence-corrected chi connectivity index (χ3v) is 12.8. The van der Waals surface area contributed by atoms with E-state index in [1.54, 1.807) is 5.56 Å². The fraction of sp³-hybridized carbons (Fsp3) is 0.200. The maximum atomic E-state index is 6.40. The number of para-hydroxylation sites is 1. The smallest absolute Gasteiger partial charge is 0.137 e. The highest BCUT2D eigenvalue weighted by molar-refractivity contribution is 6.06. The molecular weight excluding hydrogens is 631 g/mol. The van der Waals surface area contributed by atoms with Crippen molar-refractivity contribution in [2.75, 3.05) is 4.90 Å². The number of hydrogen-bond acceptors (Lipinski definition) is 2. The maximum Gasteiger partial charge on any atom is 0.137 e. The zero-order chi connectivity index (χ0) is 34.2. The number of rotatable bonds is 6. The van der Waals surface area contributed by atoms with Crippen LogP contribution in [0.1, 0.15) is 44.1 Å². The Kier molecular flexibility index (Phi) is 6.77. The lowest BCUT2D eigenvalue weighted by Crippen LogP contribution is -2.48. The van der Waals surface area contributed by atoms with Gasteiger partial charge in [-0.2, -0.15) is 0 Å². The summed E-state index contributed by atoms with van der Waals surface area (Å²) in [5.41, 5.74) is 12.3. The topological polar surface area (TPSA) is 16.4 Å². The average molecular weight is 672 g/mol. The molecule has 0 N–H and O–H groups in total. The average Bonchev–Trinajstić information content (AvgIpc) is 3.56. The van der Waals surface area contributed by atoms with E-state index >= 15 is 0 Å². The van der Waals surface area contributed by atoms with Crippen LogP contribution in [0.3, 0.4) is 0 Å². The van der Waals surface area contributed by atoms with Gasteiger partial charge in [-0.05, 0) is 143 Å². The summed E-state index contributed by atoms with van der Waals surface area (Å²) < 4.78 is 6.40. The van der Waals surface area contributed by atoms with Crippen LogP contribution in [-0.2, 0) is 5.41 Å². The second kappa shape index (κ2) is 11.7. The number of benzene rings is 7. The van der Waals surface area contributed by atoms with Gasteiger partial charge in [0.15, 0.2) is 0 Å². The Balaban J connectivity index is 1.00. The standard InChI is InChI=1S/C50H41NO/c1-2-10-42-36(8-1)9-7-13-43(42)37-16-20-39(21-17-37)51(41-24-25-46-45-12-4-6-15-48(45)52-49(46)29-41)40-22-18-38(19-23-40)44-11-3-5-14-47(44)50-30-33-26-34(31-50)28-35(27-33)32-50/h1-25,29,33-35H,26-28,30-32H2. The second-order valence-corrected chi connectivity index (χ2v) is 16.0. The van der Waals surface area contributed by atoms with Gasteiger partial charge < -0.3 is 9.32 Å². The predicted octanol–water partition coefficient (Wildman–Crippen LogP) is 14.0. The molecule has 8 aromatic rings. The molecule has 52 heavy (non-hydrogen) atoms.